The normalized spacial score (nSPS) is 11.6. The van der Waals surface area contributed by atoms with Crippen LogP contribution in [0.25, 0.3) is 0 Å². The Morgan fingerprint density at radius 2 is 2.06 bits per heavy atom. The van der Waals surface area contributed by atoms with Crippen LogP contribution in [-0.2, 0) is 6.54 Å². The highest BCUT2D eigenvalue weighted by atomic mass is 19.1. The minimum atomic E-state index is -0.320. The summed E-state index contributed by atoms with van der Waals surface area (Å²) in [5.41, 5.74) is 0.945. The maximum atomic E-state index is 13.4. The number of halogens is 1. The van der Waals surface area contributed by atoms with Gasteiger partial charge >= 0.3 is 0 Å². The largest absolute Gasteiger partial charge is 0.494 e. The molecule has 0 aromatic heterocycles. The van der Waals surface area contributed by atoms with Gasteiger partial charge in [-0.05, 0) is 38.6 Å². The average molecular weight is 240 g/mol. The van der Waals surface area contributed by atoms with Crippen LogP contribution in [-0.4, -0.2) is 26.2 Å². The third kappa shape index (κ3) is 4.32. The summed E-state index contributed by atoms with van der Waals surface area (Å²) in [5, 5.41) is 6.49. The topological polar surface area (TPSA) is 33.3 Å². The zero-order chi connectivity index (χ0) is 12.9. The van der Waals surface area contributed by atoms with Gasteiger partial charge < -0.3 is 15.4 Å². The van der Waals surface area contributed by atoms with E-state index in [0.29, 0.717) is 6.54 Å². The smallest absolute Gasteiger partial charge is 0.165 e. The summed E-state index contributed by atoms with van der Waals surface area (Å²) >= 11 is 0. The van der Waals surface area contributed by atoms with E-state index < -0.39 is 0 Å². The predicted octanol–water partition coefficient (Wildman–Crippen LogP) is 1.92. The molecule has 0 aliphatic heterocycles. The number of methoxy groups -OCH3 is 1. The number of hydrogen-bond donors (Lipinski definition) is 2. The quantitative estimate of drug-likeness (QED) is 0.797. The van der Waals surface area contributed by atoms with Gasteiger partial charge in [0.05, 0.1) is 7.11 Å². The zero-order valence-corrected chi connectivity index (χ0v) is 10.9. The SMILES string of the molecule is CNC(C)(C)CNCc1ccc(OC)c(F)c1. The van der Waals surface area contributed by atoms with Gasteiger partial charge in [-0.2, -0.15) is 0 Å². The van der Waals surface area contributed by atoms with Crippen molar-refractivity contribution in [2.75, 3.05) is 20.7 Å². The van der Waals surface area contributed by atoms with E-state index >= 15 is 0 Å². The summed E-state index contributed by atoms with van der Waals surface area (Å²) in [5.74, 6) is -0.0380. The summed E-state index contributed by atoms with van der Waals surface area (Å²) in [4.78, 5) is 0. The van der Waals surface area contributed by atoms with Crippen LogP contribution in [0.3, 0.4) is 0 Å². The van der Waals surface area contributed by atoms with Crippen LogP contribution in [0.4, 0.5) is 4.39 Å². The molecule has 0 fully saturated rings. The summed E-state index contributed by atoms with van der Waals surface area (Å²) in [7, 11) is 3.39. The number of likely N-dealkylation sites (N-methyl/N-ethyl adjacent to an activating group) is 1. The fraction of sp³-hybridized carbons (Fsp3) is 0.538. The molecule has 0 amide bonds. The molecule has 1 rings (SSSR count). The molecule has 0 unspecified atom stereocenters. The lowest BCUT2D eigenvalue weighted by Crippen LogP contribution is -2.45. The predicted molar refractivity (Wildman–Crippen MR) is 67.8 cm³/mol. The van der Waals surface area contributed by atoms with Crippen molar-refractivity contribution in [3.05, 3.63) is 29.6 Å². The van der Waals surface area contributed by atoms with Gasteiger partial charge in [0, 0.05) is 18.6 Å². The van der Waals surface area contributed by atoms with Gasteiger partial charge in [0.15, 0.2) is 11.6 Å². The Morgan fingerprint density at radius 1 is 1.35 bits per heavy atom. The lowest BCUT2D eigenvalue weighted by molar-refractivity contribution is 0.384. The standard InChI is InChI=1S/C13H21FN2O/c1-13(2,15-3)9-16-8-10-5-6-12(17-4)11(14)7-10/h5-7,15-16H,8-9H2,1-4H3. The second-order valence-corrected chi connectivity index (χ2v) is 4.71. The first-order valence-electron chi connectivity index (χ1n) is 5.70. The fourth-order valence-corrected chi connectivity index (χ4v) is 1.43. The van der Waals surface area contributed by atoms with Crippen LogP contribution in [0.15, 0.2) is 18.2 Å². The van der Waals surface area contributed by atoms with Crippen LogP contribution in [0, 0.1) is 5.82 Å². The van der Waals surface area contributed by atoms with Gasteiger partial charge in [-0.3, -0.25) is 0 Å². The Bertz CT molecular complexity index is 366. The van der Waals surface area contributed by atoms with E-state index in [2.05, 4.69) is 24.5 Å². The van der Waals surface area contributed by atoms with E-state index in [0.717, 1.165) is 12.1 Å². The molecule has 2 N–H and O–H groups in total. The van der Waals surface area contributed by atoms with Crippen molar-refractivity contribution in [1.29, 1.82) is 0 Å². The fourth-order valence-electron chi connectivity index (χ4n) is 1.43. The van der Waals surface area contributed by atoms with Crippen LogP contribution < -0.4 is 15.4 Å². The minimum absolute atomic E-state index is 0.0328. The number of hydrogen-bond acceptors (Lipinski definition) is 3. The van der Waals surface area contributed by atoms with Crippen molar-refractivity contribution < 1.29 is 9.13 Å². The second kappa shape index (κ2) is 5.98. The molecule has 0 saturated heterocycles. The third-order valence-electron chi connectivity index (χ3n) is 2.79. The van der Waals surface area contributed by atoms with Crippen molar-refractivity contribution in [3.8, 4) is 5.75 Å². The van der Waals surface area contributed by atoms with Gasteiger partial charge in [0.1, 0.15) is 0 Å². The highest BCUT2D eigenvalue weighted by molar-refractivity contribution is 5.29. The molecule has 4 heteroatoms. The van der Waals surface area contributed by atoms with E-state index in [9.17, 15) is 4.39 Å². The molecule has 0 radical (unpaired) electrons. The summed E-state index contributed by atoms with van der Waals surface area (Å²) in [6, 6.07) is 5.01. The van der Waals surface area contributed by atoms with E-state index in [1.807, 2.05) is 13.1 Å². The van der Waals surface area contributed by atoms with E-state index in [1.165, 1.54) is 13.2 Å². The highest BCUT2D eigenvalue weighted by Crippen LogP contribution is 2.17. The summed E-state index contributed by atoms with van der Waals surface area (Å²) in [6.07, 6.45) is 0. The van der Waals surface area contributed by atoms with Gasteiger partial charge in [0.2, 0.25) is 0 Å². The molecule has 0 heterocycles. The van der Waals surface area contributed by atoms with Crippen LogP contribution >= 0.6 is 0 Å². The first-order valence-corrected chi connectivity index (χ1v) is 5.70. The van der Waals surface area contributed by atoms with Gasteiger partial charge in [-0.25, -0.2) is 4.39 Å². The van der Waals surface area contributed by atoms with Crippen molar-refractivity contribution in [2.24, 2.45) is 0 Å². The molecule has 0 atom stereocenters. The zero-order valence-electron chi connectivity index (χ0n) is 10.9. The molecule has 96 valence electrons. The number of rotatable bonds is 6. The van der Waals surface area contributed by atoms with Crippen molar-refractivity contribution in [1.82, 2.24) is 10.6 Å². The van der Waals surface area contributed by atoms with E-state index in [4.69, 9.17) is 4.74 Å². The first kappa shape index (κ1) is 13.9. The third-order valence-corrected chi connectivity index (χ3v) is 2.79. The van der Waals surface area contributed by atoms with E-state index in [-0.39, 0.29) is 17.1 Å². The van der Waals surface area contributed by atoms with Gasteiger partial charge in [0.25, 0.3) is 0 Å². The first-order chi connectivity index (χ1) is 7.98. The molecule has 0 spiro atoms. The number of ether oxygens (including phenoxy) is 1. The molecule has 0 saturated carbocycles. The highest BCUT2D eigenvalue weighted by Gasteiger charge is 2.13. The lowest BCUT2D eigenvalue weighted by Gasteiger charge is -2.24. The maximum Gasteiger partial charge on any atom is 0.165 e. The Balaban J connectivity index is 2.50. The van der Waals surface area contributed by atoms with E-state index in [1.54, 1.807) is 6.07 Å². The summed E-state index contributed by atoms with van der Waals surface area (Å²) < 4.78 is 18.3. The second-order valence-electron chi connectivity index (χ2n) is 4.71. The Labute approximate surface area is 102 Å². The van der Waals surface area contributed by atoms with Crippen molar-refractivity contribution in [2.45, 2.75) is 25.9 Å². The molecule has 1 aromatic carbocycles. The number of nitrogens with one attached hydrogen (secondary N) is 2. The molecule has 0 aliphatic rings. The average Bonchev–Trinajstić information content (AvgIpc) is 2.29. The van der Waals surface area contributed by atoms with Gasteiger partial charge in [-0.15, -0.1) is 0 Å². The van der Waals surface area contributed by atoms with Crippen molar-refractivity contribution in [3.63, 3.8) is 0 Å². The Kier molecular flexibility index (Phi) is 4.90. The van der Waals surface area contributed by atoms with Crippen LogP contribution in [0.2, 0.25) is 0 Å². The molecule has 0 bridgehead atoms. The monoisotopic (exact) mass is 240 g/mol. The molecular weight excluding hydrogens is 219 g/mol. The molecule has 1 aromatic rings. The Morgan fingerprint density at radius 3 is 2.59 bits per heavy atom. The maximum absolute atomic E-state index is 13.4. The molecule has 3 nitrogen and oxygen atoms in total. The van der Waals surface area contributed by atoms with Crippen LogP contribution in [0.1, 0.15) is 19.4 Å². The van der Waals surface area contributed by atoms with Crippen molar-refractivity contribution >= 4 is 0 Å². The number of benzene rings is 1. The molecule has 17 heavy (non-hydrogen) atoms. The lowest BCUT2D eigenvalue weighted by atomic mass is 10.1. The minimum Gasteiger partial charge on any atom is -0.494 e. The molecular formula is C13H21FN2O. The molecule has 0 aliphatic carbocycles. The summed E-state index contributed by atoms with van der Waals surface area (Å²) in [6.45, 7) is 5.67. The van der Waals surface area contributed by atoms with Gasteiger partial charge in [-0.1, -0.05) is 6.07 Å². The Hall–Kier alpha value is -1.13. The van der Waals surface area contributed by atoms with Crippen LogP contribution in [0.5, 0.6) is 5.75 Å².